The summed E-state index contributed by atoms with van der Waals surface area (Å²) in [5.74, 6) is -1.75. The molecule has 5 aromatic rings. The summed E-state index contributed by atoms with van der Waals surface area (Å²) in [6.07, 6.45) is -2.87. The highest BCUT2D eigenvalue weighted by Crippen LogP contribution is 2.37. The quantitative estimate of drug-likeness (QED) is 0.169. The van der Waals surface area contributed by atoms with E-state index in [2.05, 4.69) is 9.97 Å². The fourth-order valence-electron chi connectivity index (χ4n) is 4.64. The lowest BCUT2D eigenvalue weighted by Gasteiger charge is -2.23. The van der Waals surface area contributed by atoms with Crippen molar-refractivity contribution in [2.75, 3.05) is 0 Å². The monoisotopic (exact) mass is 605 g/mol. The van der Waals surface area contributed by atoms with E-state index >= 15 is 0 Å². The number of alkyl halides is 3. The molecule has 5 rings (SSSR count). The van der Waals surface area contributed by atoms with Gasteiger partial charge in [0.25, 0.3) is 0 Å². The molecule has 0 spiro atoms. The molecule has 0 atom stereocenters. The second-order valence-corrected chi connectivity index (χ2v) is 12.0. The van der Waals surface area contributed by atoms with Gasteiger partial charge in [-0.25, -0.2) is 4.31 Å². The molecule has 43 heavy (non-hydrogen) atoms. The molecule has 3 aromatic heterocycles. The molecule has 1 N–H and O–H groups in total. The molecule has 3 heterocycles. The molecule has 0 aliphatic rings. The number of hydrogen-bond donors (Lipinski definition) is 1. The van der Waals surface area contributed by atoms with Gasteiger partial charge in [0.15, 0.2) is 0 Å². The van der Waals surface area contributed by atoms with Crippen LogP contribution >= 0.6 is 11.9 Å². The Morgan fingerprint density at radius 1 is 0.953 bits per heavy atom. The minimum absolute atomic E-state index is 0.115. The van der Waals surface area contributed by atoms with Crippen molar-refractivity contribution in [1.29, 1.82) is 0 Å². The first kappa shape index (κ1) is 30.3. The molecule has 10 heteroatoms. The molecular weight excluding hydrogens is 575 g/mol. The highest BCUT2D eigenvalue weighted by molar-refractivity contribution is 7.97. The Bertz CT molecular complexity index is 1780. The summed E-state index contributed by atoms with van der Waals surface area (Å²) in [6.45, 7) is 7.73. The van der Waals surface area contributed by atoms with Crippen molar-refractivity contribution in [1.82, 2.24) is 14.3 Å². The number of aryl methyl sites for hydroxylation is 1. The number of pyridine rings is 2. The van der Waals surface area contributed by atoms with Crippen LogP contribution in [0.1, 0.15) is 47.8 Å². The van der Waals surface area contributed by atoms with E-state index in [1.165, 1.54) is 18.0 Å². The topological polar surface area (TPSA) is 79.5 Å². The van der Waals surface area contributed by atoms with Crippen molar-refractivity contribution >= 4 is 29.0 Å². The lowest BCUT2D eigenvalue weighted by molar-refractivity contribution is -0.153. The maximum Gasteiger partial charge on any atom is 0.449 e. The van der Waals surface area contributed by atoms with Crippen LogP contribution in [0.2, 0.25) is 0 Å². The summed E-state index contributed by atoms with van der Waals surface area (Å²) in [5, 5.41) is 9.64. The number of furan rings is 1. The summed E-state index contributed by atoms with van der Waals surface area (Å²) >= 11 is 1.41. The summed E-state index contributed by atoms with van der Waals surface area (Å²) in [4.78, 5) is 21.8. The number of carboxylic acids is 1. The standard InChI is InChI=1S/C33H30F3N3O3S/c1-20-21(2)38-27-9-6-16-37-29(27)30(20)43-39(19-26-14-15-28(42-26)33(34,35)36)18-22-10-12-23(13-11-22)24-7-5-8-25(17-24)32(3,4)31(40)41/h5-17H,18-19H2,1-4H3,(H,40,41). The van der Waals surface area contributed by atoms with Crippen molar-refractivity contribution in [2.24, 2.45) is 0 Å². The van der Waals surface area contributed by atoms with Crippen LogP contribution in [0.5, 0.6) is 0 Å². The van der Waals surface area contributed by atoms with E-state index in [0.29, 0.717) is 12.1 Å². The zero-order valence-electron chi connectivity index (χ0n) is 24.1. The second kappa shape index (κ2) is 11.9. The second-order valence-electron chi connectivity index (χ2n) is 10.9. The van der Waals surface area contributed by atoms with Crippen LogP contribution in [0, 0.1) is 13.8 Å². The van der Waals surface area contributed by atoms with Crippen molar-refractivity contribution in [3.8, 4) is 11.1 Å². The summed E-state index contributed by atoms with van der Waals surface area (Å²) in [6, 6.07) is 21.3. The molecule has 2 aromatic carbocycles. The zero-order chi connectivity index (χ0) is 30.9. The number of hydrogen-bond acceptors (Lipinski definition) is 6. The molecule has 6 nitrogen and oxygen atoms in total. The summed E-state index contributed by atoms with van der Waals surface area (Å²) in [7, 11) is 0. The van der Waals surface area contributed by atoms with Crippen LogP contribution in [-0.2, 0) is 29.5 Å². The van der Waals surface area contributed by atoms with Gasteiger partial charge in [0.2, 0.25) is 5.76 Å². The minimum atomic E-state index is -4.57. The van der Waals surface area contributed by atoms with Crippen molar-refractivity contribution in [2.45, 2.75) is 57.3 Å². The molecule has 0 amide bonds. The van der Waals surface area contributed by atoms with Gasteiger partial charge in [0.1, 0.15) is 11.3 Å². The molecule has 0 unspecified atom stereocenters. The Kier molecular flexibility index (Phi) is 8.36. The van der Waals surface area contributed by atoms with E-state index in [9.17, 15) is 23.1 Å². The van der Waals surface area contributed by atoms with Crippen LogP contribution in [0.3, 0.4) is 0 Å². The molecule has 0 aliphatic carbocycles. The average Bonchev–Trinajstić information content (AvgIpc) is 3.45. The number of halogens is 3. The van der Waals surface area contributed by atoms with Gasteiger partial charge in [-0.05, 0) is 91.7 Å². The van der Waals surface area contributed by atoms with Crippen molar-refractivity contribution in [3.05, 3.63) is 113 Å². The largest absolute Gasteiger partial charge is 0.481 e. The van der Waals surface area contributed by atoms with Crippen LogP contribution in [0.25, 0.3) is 22.2 Å². The van der Waals surface area contributed by atoms with E-state index in [1.807, 2.05) is 72.7 Å². The lowest BCUT2D eigenvalue weighted by atomic mass is 9.83. The summed E-state index contributed by atoms with van der Waals surface area (Å²) in [5.41, 5.74) is 5.65. The highest BCUT2D eigenvalue weighted by atomic mass is 32.2. The number of aromatic nitrogens is 2. The number of benzene rings is 2. The first-order chi connectivity index (χ1) is 20.3. The van der Waals surface area contributed by atoms with Crippen molar-refractivity contribution in [3.63, 3.8) is 0 Å². The predicted molar refractivity (Wildman–Crippen MR) is 160 cm³/mol. The molecule has 0 aliphatic heterocycles. The smallest absolute Gasteiger partial charge is 0.449 e. The van der Waals surface area contributed by atoms with E-state index in [0.717, 1.165) is 49.9 Å². The Labute approximate surface area is 251 Å². The SMILES string of the molecule is Cc1nc2cccnc2c(SN(Cc2ccc(-c3cccc(C(C)(C)C(=O)O)c3)cc2)Cc2ccc(C(F)(F)F)o2)c1C. The highest BCUT2D eigenvalue weighted by Gasteiger charge is 2.35. The molecule has 0 bridgehead atoms. The van der Waals surface area contributed by atoms with E-state index < -0.39 is 23.3 Å². The molecule has 0 saturated heterocycles. The Hall–Kier alpha value is -4.15. The van der Waals surface area contributed by atoms with Gasteiger partial charge < -0.3 is 9.52 Å². The fraction of sp³-hybridized carbons (Fsp3) is 0.242. The average molecular weight is 606 g/mol. The van der Waals surface area contributed by atoms with Crippen LogP contribution in [0.15, 0.2) is 88.3 Å². The van der Waals surface area contributed by atoms with Gasteiger partial charge in [-0.1, -0.05) is 48.5 Å². The van der Waals surface area contributed by atoms with E-state index in [1.54, 1.807) is 26.1 Å². The molecule has 0 fully saturated rings. The maximum atomic E-state index is 13.3. The van der Waals surface area contributed by atoms with Gasteiger partial charge >= 0.3 is 12.1 Å². The third-order valence-electron chi connectivity index (χ3n) is 7.43. The number of fused-ring (bicyclic) bond motifs is 1. The van der Waals surface area contributed by atoms with E-state index in [4.69, 9.17) is 4.42 Å². The van der Waals surface area contributed by atoms with Crippen LogP contribution in [-0.4, -0.2) is 25.3 Å². The van der Waals surface area contributed by atoms with Crippen LogP contribution < -0.4 is 0 Å². The maximum absolute atomic E-state index is 13.3. The Balaban J connectivity index is 1.45. The lowest BCUT2D eigenvalue weighted by Crippen LogP contribution is -2.28. The van der Waals surface area contributed by atoms with Crippen molar-refractivity contribution < 1.29 is 27.5 Å². The third kappa shape index (κ3) is 6.60. The molecule has 0 radical (unpaired) electrons. The molecule has 222 valence electrons. The predicted octanol–water partition coefficient (Wildman–Crippen LogP) is 8.60. The number of rotatable bonds is 9. The van der Waals surface area contributed by atoms with Gasteiger partial charge in [-0.3, -0.25) is 14.8 Å². The number of carbonyl (C=O) groups is 1. The van der Waals surface area contributed by atoms with Gasteiger partial charge in [-0.15, -0.1) is 0 Å². The van der Waals surface area contributed by atoms with Gasteiger partial charge in [-0.2, -0.15) is 13.2 Å². The summed E-state index contributed by atoms with van der Waals surface area (Å²) < 4.78 is 46.9. The zero-order valence-corrected chi connectivity index (χ0v) is 24.9. The first-order valence-corrected chi connectivity index (χ1v) is 14.3. The Morgan fingerprint density at radius 2 is 1.70 bits per heavy atom. The number of aliphatic carboxylic acids is 1. The minimum Gasteiger partial charge on any atom is -0.481 e. The van der Waals surface area contributed by atoms with E-state index in [-0.39, 0.29) is 12.3 Å². The first-order valence-electron chi connectivity index (χ1n) is 13.6. The van der Waals surface area contributed by atoms with Gasteiger partial charge in [0, 0.05) is 18.4 Å². The normalized spacial score (nSPS) is 12.3. The number of nitrogens with zero attached hydrogens (tertiary/aromatic N) is 3. The van der Waals surface area contributed by atoms with Gasteiger partial charge in [0.05, 0.1) is 22.4 Å². The molecular formula is C33H30F3N3O3S. The number of carboxylic acid groups (broad SMARTS) is 1. The third-order valence-corrected chi connectivity index (χ3v) is 8.63. The molecule has 0 saturated carbocycles. The van der Waals surface area contributed by atoms with Crippen LogP contribution in [0.4, 0.5) is 13.2 Å². The Morgan fingerprint density at radius 3 is 2.37 bits per heavy atom. The fourth-order valence-corrected chi connectivity index (χ4v) is 5.83.